The van der Waals surface area contributed by atoms with Gasteiger partial charge in [-0.2, -0.15) is 8.78 Å². The quantitative estimate of drug-likeness (QED) is 0.351. The minimum Gasteiger partial charge on any atom is -0.378 e. The van der Waals surface area contributed by atoms with Gasteiger partial charge in [-0.15, -0.1) is 0 Å². The molecule has 1 heterocycles. The lowest BCUT2D eigenvalue weighted by molar-refractivity contribution is -0.323. The Hall–Kier alpha value is -0.710. The summed E-state index contributed by atoms with van der Waals surface area (Å²) >= 11 is 0. The summed E-state index contributed by atoms with van der Waals surface area (Å²) in [7, 11) is 0. The first kappa shape index (κ1) is 28.3. The van der Waals surface area contributed by atoms with Gasteiger partial charge in [-0.25, -0.2) is 30.7 Å². The standard InChI is InChI=1S/C25H35F9O2/c1-11-2-3-21(35-10-11)12-4-15(26)22(16(27)5-12)13-6-17(28)23(18(29)7-13)25(33,34)36-14-8-19(30)24(32)20(31)9-14/h11-24H,2-10H2,1H3. The fourth-order valence-electron chi connectivity index (χ4n) is 6.80. The first-order chi connectivity index (χ1) is 16.9. The van der Waals surface area contributed by atoms with E-state index in [0.717, 1.165) is 6.42 Å². The molecule has 3 aliphatic carbocycles. The van der Waals surface area contributed by atoms with Gasteiger partial charge in [0.2, 0.25) is 0 Å². The van der Waals surface area contributed by atoms with Crippen LogP contribution in [-0.2, 0) is 9.47 Å². The highest BCUT2D eigenvalue weighted by molar-refractivity contribution is 5.00. The summed E-state index contributed by atoms with van der Waals surface area (Å²) < 4.78 is 140. The lowest BCUT2D eigenvalue weighted by Crippen LogP contribution is -2.53. The van der Waals surface area contributed by atoms with Crippen LogP contribution in [0.1, 0.15) is 58.3 Å². The highest BCUT2D eigenvalue weighted by atomic mass is 19.3. The predicted octanol–water partition coefficient (Wildman–Crippen LogP) is 6.99. The highest BCUT2D eigenvalue weighted by Gasteiger charge is 2.58. The molecular weight excluding hydrogens is 503 g/mol. The van der Waals surface area contributed by atoms with Crippen LogP contribution < -0.4 is 0 Å². The van der Waals surface area contributed by atoms with Gasteiger partial charge >= 0.3 is 6.11 Å². The van der Waals surface area contributed by atoms with Gasteiger partial charge in [-0.3, -0.25) is 0 Å². The van der Waals surface area contributed by atoms with E-state index < -0.39 is 98.9 Å². The summed E-state index contributed by atoms with van der Waals surface area (Å²) in [5, 5.41) is 0. The average Bonchev–Trinajstić information content (AvgIpc) is 2.76. The molecule has 0 aromatic carbocycles. The Labute approximate surface area is 205 Å². The molecule has 4 fully saturated rings. The maximum absolute atomic E-state index is 15.1. The van der Waals surface area contributed by atoms with Gasteiger partial charge in [-0.05, 0) is 56.3 Å². The van der Waals surface area contributed by atoms with Crippen molar-refractivity contribution < 1.29 is 49.0 Å². The maximum atomic E-state index is 15.1. The number of rotatable bonds is 5. The summed E-state index contributed by atoms with van der Waals surface area (Å²) in [6.07, 6.45) is -23.5. The zero-order valence-electron chi connectivity index (χ0n) is 20.2. The summed E-state index contributed by atoms with van der Waals surface area (Å²) in [5.74, 6) is -5.00. The molecule has 0 bridgehead atoms. The third-order valence-corrected chi connectivity index (χ3v) is 8.71. The summed E-state index contributed by atoms with van der Waals surface area (Å²) in [4.78, 5) is 0. The normalized spacial score (nSPS) is 51.2. The van der Waals surface area contributed by atoms with Crippen LogP contribution in [-0.4, -0.2) is 68.1 Å². The Morgan fingerprint density at radius 2 is 1.19 bits per heavy atom. The van der Waals surface area contributed by atoms with Crippen molar-refractivity contribution >= 4 is 0 Å². The first-order valence-corrected chi connectivity index (χ1v) is 13.0. The molecular formula is C25H35F9O2. The monoisotopic (exact) mass is 538 g/mol. The minimum absolute atomic E-state index is 0.0106. The molecule has 1 aliphatic heterocycles. The van der Waals surface area contributed by atoms with Crippen LogP contribution in [0.25, 0.3) is 0 Å². The Kier molecular flexibility index (Phi) is 8.79. The number of ether oxygens (including phenoxy) is 2. The van der Waals surface area contributed by atoms with E-state index >= 15 is 8.78 Å². The molecule has 0 N–H and O–H groups in total. The molecule has 0 spiro atoms. The van der Waals surface area contributed by atoms with Crippen molar-refractivity contribution in [3.05, 3.63) is 0 Å². The second kappa shape index (κ2) is 11.2. The van der Waals surface area contributed by atoms with Crippen molar-refractivity contribution in [3.63, 3.8) is 0 Å². The SMILES string of the molecule is CC1CCC(C2CC(F)C(C3CC(F)C(C(F)(F)OC4CC(F)C(F)C(F)C4)C(F)C3)C(F)C2)OC1. The molecule has 8 atom stereocenters. The van der Waals surface area contributed by atoms with Gasteiger partial charge < -0.3 is 9.47 Å². The van der Waals surface area contributed by atoms with Gasteiger partial charge in [-0.1, -0.05) is 6.92 Å². The second-order valence-electron chi connectivity index (χ2n) is 11.4. The van der Waals surface area contributed by atoms with E-state index in [-0.39, 0.29) is 24.9 Å². The van der Waals surface area contributed by atoms with Gasteiger partial charge in [0, 0.05) is 25.4 Å². The smallest absolute Gasteiger partial charge is 0.364 e. The first-order valence-electron chi connectivity index (χ1n) is 13.0. The fourth-order valence-corrected chi connectivity index (χ4v) is 6.80. The summed E-state index contributed by atoms with van der Waals surface area (Å²) in [6, 6.07) is 0. The van der Waals surface area contributed by atoms with Crippen LogP contribution in [0.3, 0.4) is 0 Å². The molecule has 4 rings (SSSR count). The number of halogens is 9. The molecule has 0 radical (unpaired) electrons. The third kappa shape index (κ3) is 5.96. The zero-order chi connectivity index (χ0) is 26.4. The van der Waals surface area contributed by atoms with Crippen molar-refractivity contribution in [1.29, 1.82) is 0 Å². The van der Waals surface area contributed by atoms with E-state index in [4.69, 9.17) is 4.74 Å². The second-order valence-corrected chi connectivity index (χ2v) is 11.4. The molecule has 4 aliphatic rings. The molecule has 0 aromatic rings. The highest BCUT2D eigenvalue weighted by Crippen LogP contribution is 2.50. The third-order valence-electron chi connectivity index (χ3n) is 8.71. The van der Waals surface area contributed by atoms with Crippen LogP contribution in [0.15, 0.2) is 0 Å². The molecule has 0 amide bonds. The van der Waals surface area contributed by atoms with E-state index in [2.05, 4.69) is 4.74 Å². The van der Waals surface area contributed by atoms with Crippen molar-refractivity contribution in [2.75, 3.05) is 6.61 Å². The van der Waals surface area contributed by atoms with Crippen LogP contribution in [0.5, 0.6) is 0 Å². The van der Waals surface area contributed by atoms with Gasteiger partial charge in [0.25, 0.3) is 0 Å². The molecule has 1 saturated heterocycles. The van der Waals surface area contributed by atoms with E-state index in [1.807, 2.05) is 6.92 Å². The summed E-state index contributed by atoms with van der Waals surface area (Å²) in [5.41, 5.74) is 0. The number of hydrogen-bond donors (Lipinski definition) is 0. The topological polar surface area (TPSA) is 18.5 Å². The molecule has 210 valence electrons. The molecule has 0 aromatic heterocycles. The fraction of sp³-hybridized carbons (Fsp3) is 1.00. The maximum Gasteiger partial charge on any atom is 0.364 e. The van der Waals surface area contributed by atoms with Crippen molar-refractivity contribution in [2.24, 2.45) is 29.6 Å². The van der Waals surface area contributed by atoms with E-state index in [1.165, 1.54) is 0 Å². The van der Waals surface area contributed by atoms with Crippen molar-refractivity contribution in [3.8, 4) is 0 Å². The largest absolute Gasteiger partial charge is 0.378 e. The molecule has 3 saturated carbocycles. The van der Waals surface area contributed by atoms with Gasteiger partial charge in [0.1, 0.15) is 42.9 Å². The average molecular weight is 539 g/mol. The molecule has 36 heavy (non-hydrogen) atoms. The van der Waals surface area contributed by atoms with E-state index in [0.29, 0.717) is 18.9 Å². The molecule has 8 unspecified atom stereocenters. The molecule has 11 heteroatoms. The lowest BCUT2D eigenvalue weighted by atomic mass is 9.65. The van der Waals surface area contributed by atoms with Gasteiger partial charge in [0.15, 0.2) is 6.17 Å². The Morgan fingerprint density at radius 1 is 0.667 bits per heavy atom. The molecule has 2 nitrogen and oxygen atoms in total. The number of hydrogen-bond acceptors (Lipinski definition) is 2. The van der Waals surface area contributed by atoms with Crippen LogP contribution in [0.4, 0.5) is 39.5 Å². The van der Waals surface area contributed by atoms with Crippen LogP contribution in [0.2, 0.25) is 0 Å². The Bertz CT molecular complexity index is 686. The van der Waals surface area contributed by atoms with E-state index in [9.17, 15) is 30.7 Å². The Morgan fingerprint density at radius 3 is 1.69 bits per heavy atom. The summed E-state index contributed by atoms with van der Waals surface area (Å²) in [6.45, 7) is 2.54. The minimum atomic E-state index is -4.42. The predicted molar refractivity (Wildman–Crippen MR) is 114 cm³/mol. The van der Waals surface area contributed by atoms with Gasteiger partial charge in [0.05, 0.1) is 12.2 Å². The zero-order valence-corrected chi connectivity index (χ0v) is 20.2. The lowest BCUT2D eigenvalue weighted by Gasteiger charge is -2.46. The number of alkyl halides is 9. The van der Waals surface area contributed by atoms with Crippen molar-refractivity contribution in [2.45, 2.75) is 120 Å². The van der Waals surface area contributed by atoms with E-state index in [1.54, 1.807) is 0 Å². The van der Waals surface area contributed by atoms with Crippen molar-refractivity contribution in [1.82, 2.24) is 0 Å². The Balaban J connectivity index is 1.36. The van der Waals surface area contributed by atoms with Crippen LogP contribution in [0, 0.1) is 29.6 Å². The van der Waals surface area contributed by atoms with Crippen LogP contribution >= 0.6 is 0 Å².